The van der Waals surface area contributed by atoms with Crippen molar-refractivity contribution in [2.75, 3.05) is 26.3 Å². The second-order valence-electron chi connectivity index (χ2n) is 8.12. The topological polar surface area (TPSA) is 52.4 Å². The Hall–Kier alpha value is -0.980. The molecule has 0 aromatic carbocycles. The lowest BCUT2D eigenvalue weighted by Crippen LogP contribution is -2.38. The zero-order chi connectivity index (χ0) is 17.0. The van der Waals surface area contributed by atoms with Crippen LogP contribution in [0.5, 0.6) is 0 Å². The fourth-order valence-electron chi connectivity index (χ4n) is 3.34. The highest BCUT2D eigenvalue weighted by Crippen LogP contribution is 2.19. The fraction of sp³-hybridized carbons (Fsp3) is 0.889. The highest BCUT2D eigenvalue weighted by Gasteiger charge is 2.23. The van der Waals surface area contributed by atoms with Gasteiger partial charge in [0.2, 0.25) is 0 Å². The maximum atomic E-state index is 6.09. The smallest absolute Gasteiger partial charge is 0.0967 e. The molecule has 3 heterocycles. The summed E-state index contributed by atoms with van der Waals surface area (Å²) in [4.78, 5) is 2.45. The number of likely N-dealkylation sites (tertiary alicyclic amines) is 1. The van der Waals surface area contributed by atoms with E-state index in [4.69, 9.17) is 9.47 Å². The van der Waals surface area contributed by atoms with Crippen molar-refractivity contribution in [1.29, 1.82) is 0 Å². The van der Waals surface area contributed by atoms with E-state index in [2.05, 4.69) is 42.2 Å². The fourth-order valence-corrected chi connectivity index (χ4v) is 3.34. The normalized spacial score (nSPS) is 24.4. The van der Waals surface area contributed by atoms with Crippen LogP contribution in [0.15, 0.2) is 6.20 Å². The van der Waals surface area contributed by atoms with Gasteiger partial charge < -0.3 is 9.47 Å². The predicted octanol–water partition coefficient (Wildman–Crippen LogP) is 2.58. The molecule has 1 atom stereocenters. The molecule has 2 aliphatic heterocycles. The van der Waals surface area contributed by atoms with Gasteiger partial charge in [-0.05, 0) is 52.9 Å². The second-order valence-corrected chi connectivity index (χ2v) is 8.12. The molecule has 0 bridgehead atoms. The molecule has 1 aromatic rings. The first kappa shape index (κ1) is 17.8. The van der Waals surface area contributed by atoms with Gasteiger partial charge in [-0.25, -0.2) is 4.68 Å². The molecule has 0 radical (unpaired) electrons. The molecule has 24 heavy (non-hydrogen) atoms. The van der Waals surface area contributed by atoms with Gasteiger partial charge in [-0.2, -0.15) is 0 Å². The maximum Gasteiger partial charge on any atom is 0.0967 e. The average Bonchev–Trinajstić information content (AvgIpc) is 3.04. The minimum Gasteiger partial charge on any atom is -0.376 e. The Morgan fingerprint density at radius 2 is 2.00 bits per heavy atom. The van der Waals surface area contributed by atoms with Gasteiger partial charge in [0, 0.05) is 26.2 Å². The van der Waals surface area contributed by atoms with Gasteiger partial charge in [-0.1, -0.05) is 5.21 Å². The van der Waals surface area contributed by atoms with Gasteiger partial charge in [0.15, 0.2) is 0 Å². The van der Waals surface area contributed by atoms with Crippen LogP contribution in [0, 0.1) is 0 Å². The Morgan fingerprint density at radius 1 is 1.21 bits per heavy atom. The summed E-state index contributed by atoms with van der Waals surface area (Å²) in [6.07, 6.45) is 8.61. The SMILES string of the molecule is CC(C)(C)n1cc(CN2CCC(OC[C@H]3CCCCO3)CC2)nn1. The minimum atomic E-state index is -0.00667. The molecule has 2 aliphatic rings. The van der Waals surface area contributed by atoms with Crippen molar-refractivity contribution in [1.82, 2.24) is 19.9 Å². The Kier molecular flexibility index (Phi) is 5.89. The molecule has 6 nitrogen and oxygen atoms in total. The van der Waals surface area contributed by atoms with Crippen molar-refractivity contribution in [3.63, 3.8) is 0 Å². The summed E-state index contributed by atoms with van der Waals surface area (Å²) in [6, 6.07) is 0. The van der Waals surface area contributed by atoms with E-state index in [1.165, 1.54) is 12.8 Å². The van der Waals surface area contributed by atoms with E-state index in [-0.39, 0.29) is 5.54 Å². The molecule has 136 valence electrons. The first-order valence-electron chi connectivity index (χ1n) is 9.38. The summed E-state index contributed by atoms with van der Waals surface area (Å²) in [7, 11) is 0. The van der Waals surface area contributed by atoms with Crippen LogP contribution in [0.4, 0.5) is 0 Å². The molecular formula is C18H32N4O2. The Morgan fingerprint density at radius 3 is 2.62 bits per heavy atom. The zero-order valence-corrected chi connectivity index (χ0v) is 15.4. The van der Waals surface area contributed by atoms with Crippen LogP contribution in [0.3, 0.4) is 0 Å². The van der Waals surface area contributed by atoms with Crippen molar-refractivity contribution in [2.24, 2.45) is 0 Å². The summed E-state index contributed by atoms with van der Waals surface area (Å²) in [5, 5.41) is 8.57. The lowest BCUT2D eigenvalue weighted by Gasteiger charge is -2.32. The second kappa shape index (κ2) is 7.93. The van der Waals surface area contributed by atoms with Crippen LogP contribution in [0.1, 0.15) is 58.6 Å². The molecule has 3 rings (SSSR count). The summed E-state index contributed by atoms with van der Waals surface area (Å²) < 4.78 is 13.8. The van der Waals surface area contributed by atoms with E-state index in [1.54, 1.807) is 0 Å². The molecule has 0 saturated carbocycles. The number of rotatable bonds is 5. The van der Waals surface area contributed by atoms with Gasteiger partial charge in [-0.3, -0.25) is 4.90 Å². The van der Waals surface area contributed by atoms with Gasteiger partial charge >= 0.3 is 0 Å². The molecule has 2 saturated heterocycles. The van der Waals surface area contributed by atoms with E-state index < -0.39 is 0 Å². The molecule has 0 N–H and O–H groups in total. The van der Waals surface area contributed by atoms with Crippen molar-refractivity contribution in [3.05, 3.63) is 11.9 Å². The summed E-state index contributed by atoms with van der Waals surface area (Å²) in [5.41, 5.74) is 1.05. The monoisotopic (exact) mass is 336 g/mol. The number of ether oxygens (including phenoxy) is 2. The van der Waals surface area contributed by atoms with Crippen molar-refractivity contribution in [2.45, 2.75) is 77.2 Å². The third-order valence-electron chi connectivity index (χ3n) is 4.94. The lowest BCUT2D eigenvalue weighted by atomic mass is 10.1. The van der Waals surface area contributed by atoms with Crippen molar-refractivity contribution >= 4 is 0 Å². The zero-order valence-electron chi connectivity index (χ0n) is 15.4. The minimum absolute atomic E-state index is 0.00667. The Labute approximate surface area is 145 Å². The highest BCUT2D eigenvalue weighted by molar-refractivity contribution is 4.95. The van der Waals surface area contributed by atoms with Gasteiger partial charge in [0.05, 0.1) is 36.2 Å². The summed E-state index contributed by atoms with van der Waals surface area (Å²) in [6.45, 7) is 11.1. The number of hydrogen-bond acceptors (Lipinski definition) is 5. The standard InChI is InChI=1S/C18H32N4O2/c1-18(2,3)22-13-15(19-20-22)12-21-9-7-16(8-10-21)24-14-17-6-4-5-11-23-17/h13,16-17H,4-12,14H2,1-3H3/t17-/m1/s1. The third kappa shape index (κ3) is 5.01. The molecule has 0 aliphatic carbocycles. The molecule has 0 unspecified atom stereocenters. The number of aromatic nitrogens is 3. The molecule has 1 aromatic heterocycles. The maximum absolute atomic E-state index is 6.09. The highest BCUT2D eigenvalue weighted by atomic mass is 16.5. The van der Waals surface area contributed by atoms with Crippen LogP contribution in [0.25, 0.3) is 0 Å². The quantitative estimate of drug-likeness (QED) is 0.827. The predicted molar refractivity (Wildman–Crippen MR) is 92.9 cm³/mol. The van der Waals surface area contributed by atoms with E-state index in [0.29, 0.717) is 12.2 Å². The van der Waals surface area contributed by atoms with E-state index in [1.807, 2.05) is 4.68 Å². The largest absolute Gasteiger partial charge is 0.376 e. The van der Waals surface area contributed by atoms with Gasteiger partial charge in [0.1, 0.15) is 0 Å². The van der Waals surface area contributed by atoms with Crippen molar-refractivity contribution in [3.8, 4) is 0 Å². The van der Waals surface area contributed by atoms with Gasteiger partial charge in [0.25, 0.3) is 0 Å². The third-order valence-corrected chi connectivity index (χ3v) is 4.94. The first-order chi connectivity index (χ1) is 11.5. The summed E-state index contributed by atoms with van der Waals surface area (Å²) >= 11 is 0. The van der Waals surface area contributed by atoms with Crippen LogP contribution >= 0.6 is 0 Å². The van der Waals surface area contributed by atoms with E-state index in [9.17, 15) is 0 Å². The number of nitrogens with zero attached hydrogens (tertiary/aromatic N) is 4. The molecule has 6 heteroatoms. The Bertz CT molecular complexity index is 497. The number of hydrogen-bond donors (Lipinski definition) is 0. The molecular weight excluding hydrogens is 304 g/mol. The first-order valence-corrected chi connectivity index (χ1v) is 9.38. The summed E-state index contributed by atoms with van der Waals surface area (Å²) in [5.74, 6) is 0. The number of piperidine rings is 1. The van der Waals surface area contributed by atoms with Crippen molar-refractivity contribution < 1.29 is 9.47 Å². The molecule has 0 spiro atoms. The Balaban J connectivity index is 1.38. The molecule has 2 fully saturated rings. The van der Waals surface area contributed by atoms with Crippen LogP contribution in [-0.2, 0) is 21.6 Å². The van der Waals surface area contributed by atoms with Crippen LogP contribution < -0.4 is 0 Å². The van der Waals surface area contributed by atoms with Crippen LogP contribution in [-0.4, -0.2) is 58.4 Å². The lowest BCUT2D eigenvalue weighted by molar-refractivity contribution is -0.0753. The van der Waals surface area contributed by atoms with Gasteiger partial charge in [-0.15, -0.1) is 5.10 Å². The average molecular weight is 336 g/mol. The van der Waals surface area contributed by atoms with Crippen LogP contribution in [0.2, 0.25) is 0 Å². The van der Waals surface area contributed by atoms with E-state index in [0.717, 1.165) is 57.8 Å². The molecule has 0 amide bonds. The van der Waals surface area contributed by atoms with E-state index >= 15 is 0 Å².